The number of hydrogen-bond donors (Lipinski definition) is 1. The van der Waals surface area contributed by atoms with Gasteiger partial charge in [-0.25, -0.2) is 4.98 Å². The van der Waals surface area contributed by atoms with Gasteiger partial charge in [0.15, 0.2) is 5.65 Å². The highest BCUT2D eigenvalue weighted by Crippen LogP contribution is 2.31. The maximum absolute atomic E-state index is 5.36. The lowest BCUT2D eigenvalue weighted by Gasteiger charge is -2.13. The summed E-state index contributed by atoms with van der Waals surface area (Å²) in [5, 5.41) is 8.46. The van der Waals surface area contributed by atoms with Crippen molar-refractivity contribution in [3.8, 4) is 17.0 Å². The summed E-state index contributed by atoms with van der Waals surface area (Å²) in [5.41, 5.74) is 6.37. The number of ether oxygens (including phenoxy) is 1. The predicted octanol–water partition coefficient (Wildman–Crippen LogP) is 3.90. The van der Waals surface area contributed by atoms with Crippen molar-refractivity contribution in [1.29, 1.82) is 0 Å². The van der Waals surface area contributed by atoms with E-state index >= 15 is 0 Å². The summed E-state index contributed by atoms with van der Waals surface area (Å²) in [6.45, 7) is 0.702. The quantitative estimate of drug-likeness (QED) is 0.576. The van der Waals surface area contributed by atoms with E-state index in [9.17, 15) is 0 Å². The monoisotopic (exact) mass is 371 g/mol. The number of aromatic nitrogens is 4. The van der Waals surface area contributed by atoms with E-state index in [0.717, 1.165) is 53.3 Å². The van der Waals surface area contributed by atoms with E-state index in [2.05, 4.69) is 16.4 Å². The van der Waals surface area contributed by atoms with E-state index in [4.69, 9.17) is 14.8 Å². The van der Waals surface area contributed by atoms with Gasteiger partial charge >= 0.3 is 0 Å². The van der Waals surface area contributed by atoms with Crippen molar-refractivity contribution in [3.05, 3.63) is 71.7 Å². The van der Waals surface area contributed by atoms with Crippen LogP contribution in [0.15, 0.2) is 54.9 Å². The second-order valence-electron chi connectivity index (χ2n) is 6.99. The number of nitrogens with one attached hydrogen (secondary N) is 1. The molecule has 6 heteroatoms. The van der Waals surface area contributed by atoms with Crippen molar-refractivity contribution in [3.63, 3.8) is 0 Å². The Hall–Kier alpha value is -3.41. The highest BCUT2D eigenvalue weighted by Gasteiger charge is 2.21. The Morgan fingerprint density at radius 3 is 2.96 bits per heavy atom. The van der Waals surface area contributed by atoms with Gasteiger partial charge in [0.05, 0.1) is 12.8 Å². The van der Waals surface area contributed by atoms with Crippen LogP contribution in [0.3, 0.4) is 0 Å². The van der Waals surface area contributed by atoms with Gasteiger partial charge in [-0.2, -0.15) is 9.61 Å². The van der Waals surface area contributed by atoms with Gasteiger partial charge in [-0.1, -0.05) is 18.2 Å². The minimum Gasteiger partial charge on any atom is -0.497 e. The molecule has 0 saturated carbocycles. The van der Waals surface area contributed by atoms with Crippen LogP contribution >= 0.6 is 0 Å². The van der Waals surface area contributed by atoms with Crippen LogP contribution in [0.5, 0.6) is 5.75 Å². The zero-order chi connectivity index (χ0) is 18.9. The van der Waals surface area contributed by atoms with Gasteiger partial charge in [-0.05, 0) is 43.0 Å². The Labute approximate surface area is 163 Å². The maximum Gasteiger partial charge on any atom is 0.158 e. The molecule has 0 unspecified atom stereocenters. The highest BCUT2D eigenvalue weighted by atomic mass is 16.5. The third-order valence-electron chi connectivity index (χ3n) is 5.17. The van der Waals surface area contributed by atoms with E-state index in [1.54, 1.807) is 13.3 Å². The minimum absolute atomic E-state index is 0.702. The molecule has 5 rings (SSSR count). The summed E-state index contributed by atoms with van der Waals surface area (Å²) in [4.78, 5) is 9.08. The second-order valence-corrected chi connectivity index (χ2v) is 6.99. The van der Waals surface area contributed by atoms with Crippen molar-refractivity contribution >= 4 is 11.5 Å². The van der Waals surface area contributed by atoms with Gasteiger partial charge < -0.3 is 10.1 Å². The van der Waals surface area contributed by atoms with Gasteiger partial charge in [0, 0.05) is 41.8 Å². The van der Waals surface area contributed by atoms with Gasteiger partial charge in [0.2, 0.25) is 0 Å². The Bertz CT molecular complexity index is 1140. The van der Waals surface area contributed by atoms with Crippen molar-refractivity contribution < 1.29 is 4.74 Å². The van der Waals surface area contributed by atoms with E-state index in [0.29, 0.717) is 6.54 Å². The molecule has 0 radical (unpaired) electrons. The molecule has 1 aliphatic carbocycles. The average Bonchev–Trinajstić information content (AvgIpc) is 3.38. The van der Waals surface area contributed by atoms with Crippen LogP contribution in [0.1, 0.15) is 23.2 Å². The number of hydrogen-bond acceptors (Lipinski definition) is 5. The molecule has 0 bridgehead atoms. The van der Waals surface area contributed by atoms with Crippen molar-refractivity contribution in [2.24, 2.45) is 0 Å². The lowest BCUT2D eigenvalue weighted by molar-refractivity contribution is 0.415. The SMILES string of the molecule is COc1cccc(-c2cc3nc4c(c(NCc5cccnc5)n3n2)CCC4)c1. The number of benzene rings is 1. The fraction of sp³-hybridized carbons (Fsp3) is 0.227. The molecular formula is C22H21N5O. The Morgan fingerprint density at radius 2 is 2.11 bits per heavy atom. The van der Waals surface area contributed by atoms with Gasteiger partial charge in [0.25, 0.3) is 0 Å². The van der Waals surface area contributed by atoms with Crippen LogP contribution in [-0.2, 0) is 19.4 Å². The topological polar surface area (TPSA) is 64.3 Å². The molecule has 0 amide bonds. The molecule has 0 saturated heterocycles. The first-order valence-corrected chi connectivity index (χ1v) is 9.50. The Morgan fingerprint density at radius 1 is 1.14 bits per heavy atom. The van der Waals surface area contributed by atoms with Crippen LogP contribution in [0.25, 0.3) is 16.9 Å². The van der Waals surface area contributed by atoms with E-state index in [-0.39, 0.29) is 0 Å². The zero-order valence-corrected chi connectivity index (χ0v) is 15.7. The normalized spacial score (nSPS) is 12.9. The standard InChI is InChI=1S/C22H21N5O/c1-28-17-7-2-6-16(11-17)20-12-21-25-19-9-3-8-18(19)22(27(21)26-20)24-14-15-5-4-10-23-13-15/h2,4-7,10-13,24H,3,8-9,14H2,1H3. The molecule has 0 aliphatic heterocycles. The molecule has 140 valence electrons. The number of rotatable bonds is 5. The van der Waals surface area contributed by atoms with Crippen molar-refractivity contribution in [2.75, 3.05) is 12.4 Å². The Kier molecular flexibility index (Phi) is 4.16. The molecule has 0 fully saturated rings. The number of anilines is 1. The minimum atomic E-state index is 0.702. The molecule has 1 aliphatic rings. The average molecular weight is 371 g/mol. The van der Waals surface area contributed by atoms with Crippen LogP contribution in [-0.4, -0.2) is 26.7 Å². The van der Waals surface area contributed by atoms with E-state index < -0.39 is 0 Å². The first-order chi connectivity index (χ1) is 13.8. The number of fused-ring (bicyclic) bond motifs is 2. The molecule has 3 heterocycles. The van der Waals surface area contributed by atoms with E-state index in [1.165, 1.54) is 11.3 Å². The van der Waals surface area contributed by atoms with Gasteiger partial charge in [0.1, 0.15) is 11.6 Å². The fourth-order valence-corrected chi connectivity index (χ4v) is 3.78. The molecule has 1 N–H and O–H groups in total. The Balaban J connectivity index is 1.58. The number of aryl methyl sites for hydroxylation is 1. The van der Waals surface area contributed by atoms with Crippen LogP contribution in [0, 0.1) is 0 Å². The lowest BCUT2D eigenvalue weighted by atomic mass is 10.1. The summed E-state index contributed by atoms with van der Waals surface area (Å²) < 4.78 is 7.30. The van der Waals surface area contributed by atoms with Crippen LogP contribution in [0.2, 0.25) is 0 Å². The third-order valence-corrected chi connectivity index (χ3v) is 5.17. The highest BCUT2D eigenvalue weighted by molar-refractivity contribution is 5.68. The molecule has 6 nitrogen and oxygen atoms in total. The molecule has 3 aromatic heterocycles. The maximum atomic E-state index is 5.36. The predicted molar refractivity (Wildman–Crippen MR) is 109 cm³/mol. The summed E-state index contributed by atoms with van der Waals surface area (Å²) in [6, 6.07) is 14.0. The smallest absolute Gasteiger partial charge is 0.158 e. The number of nitrogens with zero attached hydrogens (tertiary/aromatic N) is 4. The van der Waals surface area contributed by atoms with Gasteiger partial charge in [-0.3, -0.25) is 4.98 Å². The van der Waals surface area contributed by atoms with Crippen LogP contribution < -0.4 is 10.1 Å². The molecular weight excluding hydrogens is 350 g/mol. The second kappa shape index (κ2) is 6.96. The summed E-state index contributed by atoms with van der Waals surface area (Å²) in [6.07, 6.45) is 6.87. The summed E-state index contributed by atoms with van der Waals surface area (Å²) >= 11 is 0. The molecule has 4 aromatic rings. The first kappa shape index (κ1) is 16.7. The van der Waals surface area contributed by atoms with Gasteiger partial charge in [-0.15, -0.1) is 0 Å². The zero-order valence-electron chi connectivity index (χ0n) is 15.7. The lowest BCUT2D eigenvalue weighted by Crippen LogP contribution is -2.10. The van der Waals surface area contributed by atoms with Crippen molar-refractivity contribution in [1.82, 2.24) is 19.6 Å². The summed E-state index contributed by atoms with van der Waals surface area (Å²) in [7, 11) is 1.68. The molecule has 0 spiro atoms. The van der Waals surface area contributed by atoms with Crippen LogP contribution in [0.4, 0.5) is 5.82 Å². The molecule has 28 heavy (non-hydrogen) atoms. The molecule has 1 aromatic carbocycles. The molecule has 0 atom stereocenters. The van der Waals surface area contributed by atoms with Crippen molar-refractivity contribution in [2.45, 2.75) is 25.8 Å². The largest absolute Gasteiger partial charge is 0.497 e. The van der Waals surface area contributed by atoms with E-state index in [1.807, 2.05) is 47.1 Å². The third kappa shape index (κ3) is 2.97. The first-order valence-electron chi connectivity index (χ1n) is 9.50. The number of pyridine rings is 1. The summed E-state index contributed by atoms with van der Waals surface area (Å²) in [5.74, 6) is 1.86. The fourth-order valence-electron chi connectivity index (χ4n) is 3.78. The number of methoxy groups -OCH3 is 1.